The van der Waals surface area contributed by atoms with Gasteiger partial charge in [-0.1, -0.05) is 0 Å². The second-order valence-corrected chi connectivity index (χ2v) is 8.85. The van der Waals surface area contributed by atoms with Gasteiger partial charge < -0.3 is 9.88 Å². The highest BCUT2D eigenvalue weighted by molar-refractivity contribution is 7.22. The van der Waals surface area contributed by atoms with Gasteiger partial charge in [0.05, 0.1) is 16.3 Å². The topological polar surface area (TPSA) is 61.9 Å². The molecule has 2 aliphatic rings. The molecule has 4 atom stereocenters. The van der Waals surface area contributed by atoms with E-state index in [0.717, 1.165) is 41.0 Å². The number of halogens is 1. The van der Waals surface area contributed by atoms with Gasteiger partial charge in [0.25, 0.3) is 5.56 Å². The van der Waals surface area contributed by atoms with E-state index in [1.807, 2.05) is 36.2 Å². The molecular formula is C20H21FN4OS. The summed E-state index contributed by atoms with van der Waals surface area (Å²) < 4.78 is 15.8. The number of anilines is 1. The van der Waals surface area contributed by atoms with Crippen molar-refractivity contribution < 1.29 is 4.39 Å². The third kappa shape index (κ3) is 2.84. The molecule has 7 heteroatoms. The first kappa shape index (κ1) is 16.9. The van der Waals surface area contributed by atoms with Crippen molar-refractivity contribution in [3.8, 4) is 10.6 Å². The van der Waals surface area contributed by atoms with Gasteiger partial charge in [-0.3, -0.25) is 4.79 Å². The predicted octanol–water partition coefficient (Wildman–Crippen LogP) is 4.01. The van der Waals surface area contributed by atoms with Gasteiger partial charge in [-0.15, -0.1) is 21.5 Å². The second-order valence-electron chi connectivity index (χ2n) is 7.77. The lowest BCUT2D eigenvalue weighted by Crippen LogP contribution is -2.46. The van der Waals surface area contributed by atoms with E-state index in [0.29, 0.717) is 17.1 Å². The Balaban J connectivity index is 1.41. The van der Waals surface area contributed by atoms with Crippen LogP contribution in [0.25, 0.3) is 20.7 Å². The van der Waals surface area contributed by atoms with E-state index in [1.54, 1.807) is 6.20 Å². The Morgan fingerprint density at radius 1 is 1.22 bits per heavy atom. The molecule has 0 aromatic carbocycles. The van der Waals surface area contributed by atoms with E-state index in [-0.39, 0.29) is 17.5 Å². The van der Waals surface area contributed by atoms with Crippen LogP contribution in [-0.4, -0.2) is 34.4 Å². The minimum atomic E-state index is -0.787. The lowest BCUT2D eigenvalue weighted by molar-refractivity contribution is 0.144. The summed E-state index contributed by atoms with van der Waals surface area (Å²) in [5.41, 5.74) is 0.633. The molecule has 0 unspecified atom stereocenters. The molecule has 3 heterocycles. The molecular weight excluding hydrogens is 363 g/mol. The monoisotopic (exact) mass is 384 g/mol. The third-order valence-corrected chi connectivity index (χ3v) is 7.31. The second kappa shape index (κ2) is 6.41. The molecule has 0 amide bonds. The van der Waals surface area contributed by atoms with Crippen molar-refractivity contribution in [3.63, 3.8) is 0 Å². The quantitative estimate of drug-likeness (QED) is 0.741. The first-order chi connectivity index (χ1) is 13.1. The third-order valence-electron chi connectivity index (χ3n) is 6.19. The molecule has 27 heavy (non-hydrogen) atoms. The van der Waals surface area contributed by atoms with Crippen LogP contribution < -0.4 is 10.5 Å². The van der Waals surface area contributed by atoms with E-state index in [2.05, 4.69) is 15.2 Å². The molecule has 0 radical (unpaired) electrons. The Morgan fingerprint density at radius 3 is 2.89 bits per heavy atom. The zero-order valence-electron chi connectivity index (χ0n) is 15.1. The van der Waals surface area contributed by atoms with E-state index in [4.69, 9.17) is 0 Å². The summed E-state index contributed by atoms with van der Waals surface area (Å²) in [6.07, 6.45) is 4.98. The van der Waals surface area contributed by atoms with Crippen LogP contribution >= 0.6 is 11.3 Å². The van der Waals surface area contributed by atoms with Crippen molar-refractivity contribution >= 4 is 27.2 Å². The normalized spacial score (nSPS) is 27.2. The number of aromatic nitrogens is 3. The van der Waals surface area contributed by atoms with E-state index in [9.17, 15) is 9.18 Å². The number of H-pyrrole nitrogens is 1. The lowest BCUT2D eigenvalue weighted by atomic mass is 9.83. The lowest BCUT2D eigenvalue weighted by Gasteiger charge is -2.38. The molecule has 0 aliphatic heterocycles. The summed E-state index contributed by atoms with van der Waals surface area (Å²) in [7, 11) is 1.92. The summed E-state index contributed by atoms with van der Waals surface area (Å²) in [5, 5.41) is 9.38. The number of pyridine rings is 1. The highest BCUT2D eigenvalue weighted by Crippen LogP contribution is 2.45. The fourth-order valence-corrected chi connectivity index (χ4v) is 5.72. The molecule has 2 bridgehead atoms. The van der Waals surface area contributed by atoms with E-state index < -0.39 is 6.17 Å². The van der Waals surface area contributed by atoms with Crippen molar-refractivity contribution in [2.75, 3.05) is 11.9 Å². The zero-order valence-corrected chi connectivity index (χ0v) is 15.9. The fraction of sp³-hybridized carbons (Fsp3) is 0.450. The summed E-state index contributed by atoms with van der Waals surface area (Å²) in [6, 6.07) is 7.43. The number of alkyl halides is 1. The van der Waals surface area contributed by atoms with Crippen molar-refractivity contribution in [2.24, 2.45) is 11.8 Å². The van der Waals surface area contributed by atoms with Crippen LogP contribution in [0.1, 0.15) is 25.7 Å². The molecule has 1 N–H and O–H groups in total. The Hall–Kier alpha value is -2.28. The summed E-state index contributed by atoms with van der Waals surface area (Å²) in [5.74, 6) is 1.56. The maximum absolute atomic E-state index is 14.9. The zero-order chi connectivity index (χ0) is 18.5. The summed E-state index contributed by atoms with van der Waals surface area (Å²) >= 11 is 1.52. The number of hydrogen-bond acceptors (Lipinski definition) is 5. The van der Waals surface area contributed by atoms with E-state index in [1.165, 1.54) is 11.3 Å². The highest BCUT2D eigenvalue weighted by Gasteiger charge is 2.44. The summed E-state index contributed by atoms with van der Waals surface area (Å²) in [4.78, 5) is 17.5. The number of thiophene rings is 1. The van der Waals surface area contributed by atoms with Gasteiger partial charge >= 0.3 is 0 Å². The minimum absolute atomic E-state index is 0.0970. The minimum Gasteiger partial charge on any atom is -0.352 e. The van der Waals surface area contributed by atoms with Gasteiger partial charge in [0.1, 0.15) is 11.9 Å². The largest absolute Gasteiger partial charge is 0.352 e. The summed E-state index contributed by atoms with van der Waals surface area (Å²) in [6.45, 7) is 0. The average Bonchev–Trinajstić information content (AvgIpc) is 3.30. The molecule has 5 rings (SSSR count). The molecule has 0 saturated heterocycles. The molecule has 2 saturated carbocycles. The van der Waals surface area contributed by atoms with Crippen LogP contribution in [0.15, 0.2) is 35.3 Å². The van der Waals surface area contributed by atoms with Crippen LogP contribution in [0.5, 0.6) is 0 Å². The number of hydrogen-bond donors (Lipinski definition) is 1. The Bertz CT molecular complexity index is 1030. The Labute approximate surface area is 160 Å². The number of rotatable bonds is 3. The van der Waals surface area contributed by atoms with Crippen LogP contribution in [0.2, 0.25) is 0 Å². The van der Waals surface area contributed by atoms with Crippen molar-refractivity contribution in [1.82, 2.24) is 15.2 Å². The molecule has 0 spiro atoms. The van der Waals surface area contributed by atoms with Gasteiger partial charge in [0.2, 0.25) is 0 Å². The van der Waals surface area contributed by atoms with Gasteiger partial charge in [-0.25, -0.2) is 4.39 Å². The van der Waals surface area contributed by atoms with Crippen LogP contribution in [0.4, 0.5) is 10.2 Å². The smallest absolute Gasteiger partial charge is 0.256 e. The predicted molar refractivity (Wildman–Crippen MR) is 106 cm³/mol. The number of fused-ring (bicyclic) bond motifs is 3. The van der Waals surface area contributed by atoms with Gasteiger partial charge in [0.15, 0.2) is 5.82 Å². The standard InChI is InChI=1S/C20H21FN4OS/c1-25(15-9-11-2-3-12(8-11)19(15)21)18-5-4-14(23-24-18)17-10-13-16(27-17)6-7-22-20(13)26/h4-7,10-12,15,19H,2-3,8-9H2,1H3,(H,22,26)/t11-,12+,15+,19-/m0/s1. The van der Waals surface area contributed by atoms with Crippen LogP contribution in [0, 0.1) is 11.8 Å². The average molecular weight is 384 g/mol. The van der Waals surface area contributed by atoms with Gasteiger partial charge in [-0.05, 0) is 61.8 Å². The maximum atomic E-state index is 14.9. The van der Waals surface area contributed by atoms with Gasteiger partial charge in [-0.2, -0.15) is 0 Å². The molecule has 5 nitrogen and oxygen atoms in total. The molecule has 2 fully saturated rings. The molecule has 140 valence electrons. The molecule has 3 aromatic heterocycles. The van der Waals surface area contributed by atoms with Crippen molar-refractivity contribution in [3.05, 3.63) is 40.8 Å². The van der Waals surface area contributed by atoms with Crippen molar-refractivity contribution in [1.29, 1.82) is 0 Å². The highest BCUT2D eigenvalue weighted by atomic mass is 32.1. The Kier molecular flexibility index (Phi) is 4.00. The number of aromatic amines is 1. The van der Waals surface area contributed by atoms with Crippen LogP contribution in [-0.2, 0) is 0 Å². The SMILES string of the molecule is CN(c1ccc(-c2cc3c(=O)[nH]ccc3s2)nn1)[C@@H]1C[C@H]2CC[C@H](C2)[C@@H]1F. The fourth-order valence-electron chi connectivity index (χ4n) is 4.69. The first-order valence-corrected chi connectivity index (χ1v) is 10.2. The number of nitrogens with zero attached hydrogens (tertiary/aromatic N) is 3. The molecule has 2 aliphatic carbocycles. The maximum Gasteiger partial charge on any atom is 0.256 e. The van der Waals surface area contributed by atoms with Crippen molar-refractivity contribution in [2.45, 2.75) is 37.9 Å². The molecule has 3 aromatic rings. The Morgan fingerprint density at radius 2 is 2.11 bits per heavy atom. The van der Waals surface area contributed by atoms with Gasteiger partial charge in [0, 0.05) is 17.9 Å². The van der Waals surface area contributed by atoms with E-state index >= 15 is 0 Å². The first-order valence-electron chi connectivity index (χ1n) is 9.42. The number of nitrogens with one attached hydrogen (secondary N) is 1. The van der Waals surface area contributed by atoms with Crippen LogP contribution in [0.3, 0.4) is 0 Å².